The van der Waals surface area contributed by atoms with E-state index >= 15 is 0 Å². The summed E-state index contributed by atoms with van der Waals surface area (Å²) in [4.78, 5) is 11.1. The molecule has 1 aromatic rings. The number of carbonyl (C=O) groups is 1. The van der Waals surface area contributed by atoms with Crippen LogP contribution in [0.1, 0.15) is 43.2 Å². The van der Waals surface area contributed by atoms with Crippen LogP contribution in [0.25, 0.3) is 0 Å². The van der Waals surface area contributed by atoms with Crippen molar-refractivity contribution >= 4 is 16.0 Å². The second-order valence-corrected chi connectivity index (χ2v) is 7.59. The van der Waals surface area contributed by atoms with Crippen LogP contribution in [0, 0.1) is 16.7 Å². The van der Waals surface area contributed by atoms with Gasteiger partial charge in [0, 0.05) is 18.8 Å². The Morgan fingerprint density at radius 1 is 1.57 bits per heavy atom. The maximum atomic E-state index is 12.2. The molecule has 1 aliphatic carbocycles. The molecule has 1 fully saturated rings. The summed E-state index contributed by atoms with van der Waals surface area (Å²) < 4.78 is 28.2. The number of carboxylic acid groups (broad SMARTS) is 1. The van der Waals surface area contributed by atoms with E-state index in [-0.39, 0.29) is 23.2 Å². The molecule has 1 saturated carbocycles. The second-order valence-electron chi connectivity index (χ2n) is 5.82. The van der Waals surface area contributed by atoms with Crippen molar-refractivity contribution in [3.63, 3.8) is 0 Å². The van der Waals surface area contributed by atoms with Crippen LogP contribution in [0.4, 0.5) is 0 Å². The van der Waals surface area contributed by atoms with E-state index in [0.717, 1.165) is 18.9 Å². The molecule has 0 spiro atoms. The van der Waals surface area contributed by atoms with Gasteiger partial charge < -0.3 is 9.67 Å². The van der Waals surface area contributed by atoms with Gasteiger partial charge in [0.15, 0.2) is 0 Å². The Morgan fingerprint density at radius 2 is 2.19 bits per heavy atom. The van der Waals surface area contributed by atoms with Gasteiger partial charge in [-0.2, -0.15) is 5.26 Å². The van der Waals surface area contributed by atoms with Crippen molar-refractivity contribution in [1.29, 1.82) is 5.26 Å². The summed E-state index contributed by atoms with van der Waals surface area (Å²) >= 11 is 0. The summed E-state index contributed by atoms with van der Waals surface area (Å²) in [6.45, 7) is 3.20. The standard InChI is InChI=1S/C13H17N3O4S/c1-13(2,7-14)8-15-21(19,20)10-5-11(12(17)18)16(6-10)9-3-4-9/h5-6,9,15H,3-4,8H2,1-2H3,(H,17,18). The van der Waals surface area contributed by atoms with Crippen molar-refractivity contribution in [3.8, 4) is 6.07 Å². The largest absolute Gasteiger partial charge is 0.477 e. The molecule has 0 saturated heterocycles. The van der Waals surface area contributed by atoms with Crippen molar-refractivity contribution in [3.05, 3.63) is 18.0 Å². The molecular formula is C13H17N3O4S. The molecule has 0 amide bonds. The molecule has 2 rings (SSSR count). The molecule has 0 aromatic carbocycles. The third-order valence-electron chi connectivity index (χ3n) is 3.30. The zero-order valence-corrected chi connectivity index (χ0v) is 12.6. The Kier molecular flexibility index (Phi) is 3.82. The zero-order valence-electron chi connectivity index (χ0n) is 11.8. The lowest BCUT2D eigenvalue weighted by atomic mass is 9.97. The van der Waals surface area contributed by atoms with Crippen LogP contribution >= 0.6 is 0 Å². The molecule has 1 heterocycles. The van der Waals surface area contributed by atoms with E-state index in [4.69, 9.17) is 10.4 Å². The summed E-state index contributed by atoms with van der Waals surface area (Å²) in [5.74, 6) is -1.15. The molecule has 8 heteroatoms. The van der Waals surface area contributed by atoms with Crippen LogP contribution in [0.15, 0.2) is 17.2 Å². The second kappa shape index (κ2) is 5.16. The number of aromatic carboxylic acids is 1. The molecular weight excluding hydrogens is 294 g/mol. The van der Waals surface area contributed by atoms with Crippen molar-refractivity contribution in [1.82, 2.24) is 9.29 Å². The van der Waals surface area contributed by atoms with Crippen LogP contribution in [0.2, 0.25) is 0 Å². The first-order valence-electron chi connectivity index (χ1n) is 6.52. The van der Waals surface area contributed by atoms with Gasteiger partial charge in [-0.25, -0.2) is 17.9 Å². The van der Waals surface area contributed by atoms with Crippen LogP contribution in [-0.2, 0) is 10.0 Å². The number of rotatable bonds is 6. The molecule has 0 aliphatic heterocycles. The summed E-state index contributed by atoms with van der Waals surface area (Å²) in [6.07, 6.45) is 3.05. The van der Waals surface area contributed by atoms with E-state index in [2.05, 4.69) is 4.72 Å². The SMILES string of the molecule is CC(C)(C#N)CNS(=O)(=O)c1cc(C(=O)O)n(C2CC2)c1. The molecule has 7 nitrogen and oxygen atoms in total. The summed E-state index contributed by atoms with van der Waals surface area (Å²) in [5.41, 5.74) is -0.862. The van der Waals surface area contributed by atoms with Crippen molar-refractivity contribution < 1.29 is 18.3 Å². The fraction of sp³-hybridized carbons (Fsp3) is 0.538. The van der Waals surface area contributed by atoms with Crippen molar-refractivity contribution in [2.24, 2.45) is 5.41 Å². The normalized spacial score (nSPS) is 15.7. The third kappa shape index (κ3) is 3.43. The van der Waals surface area contributed by atoms with E-state index < -0.39 is 21.4 Å². The number of hydrogen-bond acceptors (Lipinski definition) is 4. The third-order valence-corrected chi connectivity index (χ3v) is 4.67. The first-order chi connectivity index (χ1) is 9.66. The van der Waals surface area contributed by atoms with Gasteiger partial charge in [-0.1, -0.05) is 0 Å². The molecule has 114 valence electrons. The molecule has 0 radical (unpaired) electrons. The molecule has 0 unspecified atom stereocenters. The molecule has 1 aliphatic rings. The zero-order chi connectivity index (χ0) is 15.8. The summed E-state index contributed by atoms with van der Waals surface area (Å²) in [6, 6.07) is 3.22. The van der Waals surface area contributed by atoms with Gasteiger partial charge in [0.25, 0.3) is 0 Å². The highest BCUT2D eigenvalue weighted by atomic mass is 32.2. The molecule has 1 aromatic heterocycles. The lowest BCUT2D eigenvalue weighted by molar-refractivity contribution is 0.0685. The molecule has 21 heavy (non-hydrogen) atoms. The topological polar surface area (TPSA) is 112 Å². The van der Waals surface area contributed by atoms with E-state index in [1.165, 1.54) is 10.8 Å². The smallest absolute Gasteiger partial charge is 0.352 e. The number of carboxylic acids is 1. The van der Waals surface area contributed by atoms with Gasteiger partial charge in [-0.3, -0.25) is 0 Å². The van der Waals surface area contributed by atoms with Gasteiger partial charge in [0.1, 0.15) is 10.6 Å². The average Bonchev–Trinajstić information content (AvgIpc) is 3.14. The Morgan fingerprint density at radius 3 is 2.67 bits per heavy atom. The van der Waals surface area contributed by atoms with Gasteiger partial charge in [0.2, 0.25) is 10.0 Å². The molecule has 0 atom stereocenters. The summed E-state index contributed by atoms with van der Waals surface area (Å²) in [7, 11) is -3.83. The maximum absolute atomic E-state index is 12.2. The number of nitrogens with zero attached hydrogens (tertiary/aromatic N) is 2. The quantitative estimate of drug-likeness (QED) is 0.823. The first kappa shape index (κ1) is 15.5. The number of aromatic nitrogens is 1. The highest BCUT2D eigenvalue weighted by molar-refractivity contribution is 7.89. The van der Waals surface area contributed by atoms with Gasteiger partial charge >= 0.3 is 5.97 Å². The maximum Gasteiger partial charge on any atom is 0.352 e. The number of nitriles is 1. The van der Waals surface area contributed by atoms with E-state index in [1.807, 2.05) is 6.07 Å². The van der Waals surface area contributed by atoms with Gasteiger partial charge in [-0.15, -0.1) is 0 Å². The number of nitrogens with one attached hydrogen (secondary N) is 1. The van der Waals surface area contributed by atoms with E-state index in [9.17, 15) is 13.2 Å². The van der Waals surface area contributed by atoms with Gasteiger partial charge in [0.05, 0.1) is 11.5 Å². The Bertz CT molecular complexity index is 708. The molecule has 0 bridgehead atoms. The average molecular weight is 311 g/mol. The Hall–Kier alpha value is -1.85. The Balaban J connectivity index is 2.27. The minimum absolute atomic E-state index is 0.0302. The fourth-order valence-electron chi connectivity index (χ4n) is 1.83. The summed E-state index contributed by atoms with van der Waals surface area (Å²) in [5, 5.41) is 18.0. The number of sulfonamides is 1. The predicted octanol–water partition coefficient (Wildman–Crippen LogP) is 1.35. The van der Waals surface area contributed by atoms with E-state index in [1.54, 1.807) is 13.8 Å². The minimum Gasteiger partial charge on any atom is -0.477 e. The van der Waals surface area contributed by atoms with Crippen LogP contribution in [-0.4, -0.2) is 30.6 Å². The molecule has 2 N–H and O–H groups in total. The van der Waals surface area contributed by atoms with E-state index in [0.29, 0.717) is 0 Å². The van der Waals surface area contributed by atoms with Crippen LogP contribution < -0.4 is 4.72 Å². The van der Waals surface area contributed by atoms with Crippen molar-refractivity contribution in [2.75, 3.05) is 6.54 Å². The van der Waals surface area contributed by atoms with Crippen LogP contribution in [0.3, 0.4) is 0 Å². The predicted molar refractivity (Wildman–Crippen MR) is 74.2 cm³/mol. The fourth-order valence-corrected chi connectivity index (χ4v) is 3.06. The first-order valence-corrected chi connectivity index (χ1v) is 8.01. The van der Waals surface area contributed by atoms with Crippen LogP contribution in [0.5, 0.6) is 0 Å². The lowest BCUT2D eigenvalue weighted by Gasteiger charge is -2.15. The minimum atomic E-state index is -3.83. The highest BCUT2D eigenvalue weighted by Crippen LogP contribution is 2.37. The number of hydrogen-bond donors (Lipinski definition) is 2. The highest BCUT2D eigenvalue weighted by Gasteiger charge is 2.31. The van der Waals surface area contributed by atoms with Gasteiger partial charge in [-0.05, 0) is 32.8 Å². The monoisotopic (exact) mass is 311 g/mol. The van der Waals surface area contributed by atoms with Crippen molar-refractivity contribution in [2.45, 2.75) is 37.6 Å². The Labute approximate surface area is 123 Å². The lowest BCUT2D eigenvalue weighted by Crippen LogP contribution is -2.33.